The molecule has 0 spiro atoms. The molecular formula is C22H22F3N3O5. The van der Waals surface area contributed by atoms with E-state index in [1.54, 1.807) is 0 Å². The summed E-state index contributed by atoms with van der Waals surface area (Å²) in [5.41, 5.74) is -0.699. The minimum atomic E-state index is -4.58. The van der Waals surface area contributed by atoms with E-state index in [0.717, 1.165) is 6.07 Å². The summed E-state index contributed by atoms with van der Waals surface area (Å²) in [6, 6.07) is 6.13. The number of rotatable bonds is 5. The lowest BCUT2D eigenvalue weighted by atomic mass is 9.96. The number of amides is 1. The molecule has 0 radical (unpaired) electrons. The Morgan fingerprint density at radius 3 is 2.52 bits per heavy atom. The van der Waals surface area contributed by atoms with E-state index < -0.39 is 35.5 Å². The number of alkyl halides is 3. The highest BCUT2D eigenvalue weighted by Gasteiger charge is 2.37. The molecule has 1 amide bonds. The average molecular weight is 465 g/mol. The van der Waals surface area contributed by atoms with Crippen LogP contribution in [0.15, 0.2) is 36.5 Å². The minimum Gasteiger partial charge on any atom is -0.465 e. The SMILES string of the molecule is COC(=O)c1ccc(C(=O)OC)c(NC(=O)C2CCCN(c3ncccc3C(F)(F)F)C2)c1. The second kappa shape index (κ2) is 9.88. The van der Waals surface area contributed by atoms with Crippen LogP contribution in [0.2, 0.25) is 0 Å². The van der Waals surface area contributed by atoms with E-state index in [2.05, 4.69) is 15.0 Å². The van der Waals surface area contributed by atoms with Gasteiger partial charge in [-0.25, -0.2) is 14.6 Å². The first-order chi connectivity index (χ1) is 15.7. The summed E-state index contributed by atoms with van der Waals surface area (Å²) in [4.78, 5) is 42.3. The van der Waals surface area contributed by atoms with Gasteiger partial charge in [-0.15, -0.1) is 0 Å². The number of ether oxygens (including phenoxy) is 2. The maximum Gasteiger partial charge on any atom is 0.419 e. The summed E-state index contributed by atoms with van der Waals surface area (Å²) < 4.78 is 49.6. The molecule has 176 valence electrons. The molecule has 1 saturated heterocycles. The number of methoxy groups -OCH3 is 2. The third kappa shape index (κ3) is 5.41. The van der Waals surface area contributed by atoms with Crippen molar-refractivity contribution in [2.45, 2.75) is 19.0 Å². The van der Waals surface area contributed by atoms with Gasteiger partial charge < -0.3 is 19.7 Å². The molecule has 1 aliphatic heterocycles. The Labute approximate surface area is 187 Å². The van der Waals surface area contributed by atoms with Crippen LogP contribution in [-0.2, 0) is 20.4 Å². The summed E-state index contributed by atoms with van der Waals surface area (Å²) in [7, 11) is 2.37. The predicted octanol–water partition coefficient (Wildman–Crippen LogP) is 3.53. The third-order valence-electron chi connectivity index (χ3n) is 5.29. The Balaban J connectivity index is 1.84. The van der Waals surface area contributed by atoms with E-state index in [-0.39, 0.29) is 29.2 Å². The molecule has 1 aliphatic rings. The van der Waals surface area contributed by atoms with Crippen LogP contribution in [0, 0.1) is 5.92 Å². The molecule has 11 heteroatoms. The summed E-state index contributed by atoms with van der Waals surface area (Å²) in [6.07, 6.45) is -2.41. The first-order valence-electron chi connectivity index (χ1n) is 10.0. The van der Waals surface area contributed by atoms with Crippen molar-refractivity contribution in [3.63, 3.8) is 0 Å². The summed E-state index contributed by atoms with van der Waals surface area (Å²) in [5.74, 6) is -2.80. The fraction of sp³-hybridized carbons (Fsp3) is 0.364. The Bertz CT molecular complexity index is 1060. The van der Waals surface area contributed by atoms with Crippen LogP contribution in [0.25, 0.3) is 0 Å². The molecule has 1 fully saturated rings. The number of nitrogens with one attached hydrogen (secondary N) is 1. The number of piperidine rings is 1. The minimum absolute atomic E-state index is 0.0101. The van der Waals surface area contributed by atoms with Gasteiger partial charge in [-0.2, -0.15) is 13.2 Å². The van der Waals surface area contributed by atoms with E-state index in [0.29, 0.717) is 19.4 Å². The summed E-state index contributed by atoms with van der Waals surface area (Å²) >= 11 is 0. The molecule has 0 saturated carbocycles. The molecule has 8 nitrogen and oxygen atoms in total. The second-order valence-electron chi connectivity index (χ2n) is 7.39. The zero-order chi connectivity index (χ0) is 24.2. The monoisotopic (exact) mass is 465 g/mol. The van der Waals surface area contributed by atoms with Crippen LogP contribution in [0.5, 0.6) is 0 Å². The normalized spacial score (nSPS) is 16.2. The second-order valence-corrected chi connectivity index (χ2v) is 7.39. The molecule has 2 aromatic rings. The quantitative estimate of drug-likeness (QED) is 0.675. The molecule has 33 heavy (non-hydrogen) atoms. The first-order valence-corrected chi connectivity index (χ1v) is 10.0. The maximum atomic E-state index is 13.4. The number of pyridine rings is 1. The zero-order valence-electron chi connectivity index (χ0n) is 17.9. The molecule has 1 unspecified atom stereocenters. The standard InChI is InChI=1S/C22H22F3N3O5/c1-32-20(30)13-7-8-15(21(31)33-2)17(11-13)27-19(29)14-5-4-10-28(12-14)18-16(22(23,24)25)6-3-9-26-18/h3,6-9,11,14H,4-5,10,12H2,1-2H3,(H,27,29). The number of hydrogen-bond acceptors (Lipinski definition) is 7. The molecular weight excluding hydrogens is 443 g/mol. The van der Waals surface area contributed by atoms with Gasteiger partial charge in [0.15, 0.2) is 0 Å². The Morgan fingerprint density at radius 2 is 1.85 bits per heavy atom. The van der Waals surface area contributed by atoms with Gasteiger partial charge in [-0.3, -0.25) is 4.79 Å². The Kier molecular flexibility index (Phi) is 7.19. The van der Waals surface area contributed by atoms with Crippen molar-refractivity contribution in [3.8, 4) is 0 Å². The number of hydrogen-bond donors (Lipinski definition) is 1. The Morgan fingerprint density at radius 1 is 1.12 bits per heavy atom. The highest BCUT2D eigenvalue weighted by molar-refractivity contribution is 6.04. The number of carbonyl (C=O) groups is 3. The topological polar surface area (TPSA) is 97.8 Å². The van der Waals surface area contributed by atoms with E-state index in [4.69, 9.17) is 4.74 Å². The number of nitrogens with zero attached hydrogens (tertiary/aromatic N) is 2. The number of aromatic nitrogens is 1. The number of benzene rings is 1. The first kappa shape index (κ1) is 24.0. The summed E-state index contributed by atoms with van der Waals surface area (Å²) in [5, 5.41) is 2.61. The number of anilines is 2. The molecule has 1 atom stereocenters. The number of halogens is 3. The highest BCUT2D eigenvalue weighted by Crippen LogP contribution is 2.36. The van der Waals surface area contributed by atoms with E-state index in [9.17, 15) is 27.6 Å². The van der Waals surface area contributed by atoms with Gasteiger partial charge in [0.05, 0.1) is 42.5 Å². The van der Waals surface area contributed by atoms with E-state index in [1.165, 1.54) is 49.6 Å². The number of carbonyl (C=O) groups excluding carboxylic acids is 3. The van der Waals surface area contributed by atoms with Gasteiger partial charge in [0.25, 0.3) is 0 Å². The van der Waals surface area contributed by atoms with Gasteiger partial charge in [0, 0.05) is 19.3 Å². The van der Waals surface area contributed by atoms with Gasteiger partial charge >= 0.3 is 18.1 Å². The molecule has 1 aromatic heterocycles. The lowest BCUT2D eigenvalue weighted by molar-refractivity contribution is -0.137. The van der Waals surface area contributed by atoms with Gasteiger partial charge in [-0.1, -0.05) is 0 Å². The van der Waals surface area contributed by atoms with Crippen LogP contribution >= 0.6 is 0 Å². The van der Waals surface area contributed by atoms with Crippen LogP contribution in [0.4, 0.5) is 24.7 Å². The molecule has 2 heterocycles. The van der Waals surface area contributed by atoms with Crippen molar-refractivity contribution in [2.24, 2.45) is 5.92 Å². The predicted molar refractivity (Wildman–Crippen MR) is 112 cm³/mol. The molecule has 3 rings (SSSR count). The Hall–Kier alpha value is -3.63. The van der Waals surface area contributed by atoms with Crippen molar-refractivity contribution in [1.29, 1.82) is 0 Å². The molecule has 0 bridgehead atoms. The lowest BCUT2D eigenvalue weighted by Gasteiger charge is -2.34. The van der Waals surface area contributed by atoms with E-state index in [1.807, 2.05) is 0 Å². The smallest absolute Gasteiger partial charge is 0.419 e. The fourth-order valence-electron chi connectivity index (χ4n) is 3.67. The van der Waals surface area contributed by atoms with Gasteiger partial charge in [0.1, 0.15) is 5.82 Å². The number of esters is 2. The van der Waals surface area contributed by atoms with Crippen molar-refractivity contribution in [2.75, 3.05) is 37.5 Å². The van der Waals surface area contributed by atoms with Crippen molar-refractivity contribution in [1.82, 2.24) is 4.98 Å². The zero-order valence-corrected chi connectivity index (χ0v) is 17.9. The van der Waals surface area contributed by atoms with Crippen molar-refractivity contribution < 1.29 is 37.0 Å². The van der Waals surface area contributed by atoms with E-state index >= 15 is 0 Å². The molecule has 1 N–H and O–H groups in total. The van der Waals surface area contributed by atoms with Gasteiger partial charge in [0.2, 0.25) is 5.91 Å². The van der Waals surface area contributed by atoms with Crippen LogP contribution < -0.4 is 10.2 Å². The average Bonchev–Trinajstić information content (AvgIpc) is 2.82. The van der Waals surface area contributed by atoms with Crippen LogP contribution in [0.1, 0.15) is 39.1 Å². The maximum absolute atomic E-state index is 13.4. The van der Waals surface area contributed by atoms with Crippen LogP contribution in [-0.4, -0.2) is 50.1 Å². The molecule has 0 aliphatic carbocycles. The lowest BCUT2D eigenvalue weighted by Crippen LogP contribution is -2.42. The van der Waals surface area contributed by atoms with Crippen molar-refractivity contribution >= 4 is 29.4 Å². The van der Waals surface area contributed by atoms with Crippen molar-refractivity contribution in [3.05, 3.63) is 53.2 Å². The van der Waals surface area contributed by atoms with Crippen LogP contribution in [0.3, 0.4) is 0 Å². The summed E-state index contributed by atoms with van der Waals surface area (Å²) in [6.45, 7) is 0.325. The highest BCUT2D eigenvalue weighted by atomic mass is 19.4. The largest absolute Gasteiger partial charge is 0.465 e. The van der Waals surface area contributed by atoms with Gasteiger partial charge in [-0.05, 0) is 43.2 Å². The third-order valence-corrected chi connectivity index (χ3v) is 5.29. The fourth-order valence-corrected chi connectivity index (χ4v) is 3.67. The molecule has 1 aromatic carbocycles.